The van der Waals surface area contributed by atoms with E-state index in [-0.39, 0.29) is 11.6 Å². The highest BCUT2D eigenvalue weighted by atomic mass is 16.2. The van der Waals surface area contributed by atoms with Gasteiger partial charge in [0.25, 0.3) is 0 Å². The molecular weight excluding hydrogens is 242 g/mol. The first-order valence-electron chi connectivity index (χ1n) is 7.13. The van der Waals surface area contributed by atoms with Crippen LogP contribution in [-0.2, 0) is 11.3 Å². The summed E-state index contributed by atoms with van der Waals surface area (Å²) >= 11 is 0. The molecule has 1 aromatic heterocycles. The van der Waals surface area contributed by atoms with Gasteiger partial charge in [-0.15, -0.1) is 0 Å². The number of imidazole rings is 1. The second-order valence-corrected chi connectivity index (χ2v) is 5.34. The lowest BCUT2D eigenvalue weighted by atomic mass is 10.2. The molecule has 1 aromatic rings. The Bertz CT molecular complexity index is 493. The molecule has 0 aromatic carbocycles. The van der Waals surface area contributed by atoms with Crippen molar-refractivity contribution >= 4 is 5.91 Å². The molecule has 2 rings (SSSR count). The van der Waals surface area contributed by atoms with Gasteiger partial charge in [-0.3, -0.25) is 9.36 Å². The van der Waals surface area contributed by atoms with Crippen molar-refractivity contribution < 1.29 is 4.79 Å². The van der Waals surface area contributed by atoms with Crippen LogP contribution in [-0.4, -0.2) is 33.4 Å². The molecule has 0 saturated carbocycles. The van der Waals surface area contributed by atoms with Crippen LogP contribution in [0.2, 0.25) is 0 Å². The summed E-state index contributed by atoms with van der Waals surface area (Å²) in [6.45, 7) is 6.01. The first-order chi connectivity index (χ1) is 9.09. The van der Waals surface area contributed by atoms with Gasteiger partial charge in [0.2, 0.25) is 5.91 Å². The summed E-state index contributed by atoms with van der Waals surface area (Å²) in [4.78, 5) is 28.6. The van der Waals surface area contributed by atoms with Crippen molar-refractivity contribution in [3.05, 3.63) is 21.9 Å². The SMILES string of the molecule is Cc1[nH]c(=O)n(CCC(=O)N2CCCCCC2)c1C. The average Bonchev–Trinajstić information content (AvgIpc) is 2.62. The first-order valence-corrected chi connectivity index (χ1v) is 7.13. The monoisotopic (exact) mass is 265 g/mol. The van der Waals surface area contributed by atoms with Gasteiger partial charge in [-0.05, 0) is 26.7 Å². The van der Waals surface area contributed by atoms with Crippen LogP contribution >= 0.6 is 0 Å². The van der Waals surface area contributed by atoms with Gasteiger partial charge < -0.3 is 9.88 Å². The number of nitrogens with one attached hydrogen (secondary N) is 1. The minimum atomic E-state index is -0.112. The zero-order chi connectivity index (χ0) is 13.8. The molecule has 19 heavy (non-hydrogen) atoms. The van der Waals surface area contributed by atoms with Crippen LogP contribution in [0.25, 0.3) is 0 Å². The maximum Gasteiger partial charge on any atom is 0.325 e. The van der Waals surface area contributed by atoms with Crippen molar-refractivity contribution in [2.75, 3.05) is 13.1 Å². The zero-order valence-corrected chi connectivity index (χ0v) is 11.9. The lowest BCUT2D eigenvalue weighted by Crippen LogP contribution is -2.33. The minimum Gasteiger partial charge on any atom is -0.343 e. The number of rotatable bonds is 3. The van der Waals surface area contributed by atoms with E-state index >= 15 is 0 Å². The predicted octanol–water partition coefficient (Wildman–Crippen LogP) is 1.59. The summed E-state index contributed by atoms with van der Waals surface area (Å²) in [7, 11) is 0. The second kappa shape index (κ2) is 6.08. The molecule has 0 unspecified atom stereocenters. The molecule has 0 bridgehead atoms. The van der Waals surface area contributed by atoms with E-state index in [9.17, 15) is 9.59 Å². The van der Waals surface area contributed by atoms with Crippen LogP contribution in [0.4, 0.5) is 0 Å². The summed E-state index contributed by atoms with van der Waals surface area (Å²) in [6, 6.07) is 0. The number of carbonyl (C=O) groups excluding carboxylic acids is 1. The van der Waals surface area contributed by atoms with E-state index in [1.165, 1.54) is 12.8 Å². The third-order valence-corrected chi connectivity index (χ3v) is 4.00. The summed E-state index contributed by atoms with van der Waals surface area (Å²) in [5.41, 5.74) is 1.69. The number of hydrogen-bond donors (Lipinski definition) is 1. The predicted molar refractivity (Wildman–Crippen MR) is 74.2 cm³/mol. The average molecular weight is 265 g/mol. The molecule has 106 valence electrons. The highest BCUT2D eigenvalue weighted by Crippen LogP contribution is 2.11. The molecule has 1 amide bonds. The Labute approximate surface area is 113 Å². The number of hydrogen-bond acceptors (Lipinski definition) is 2. The normalized spacial score (nSPS) is 16.4. The number of nitrogens with zero attached hydrogens (tertiary/aromatic N) is 2. The van der Waals surface area contributed by atoms with Crippen LogP contribution in [0, 0.1) is 13.8 Å². The molecule has 0 aliphatic carbocycles. The van der Waals surface area contributed by atoms with Gasteiger partial charge in [0.05, 0.1) is 0 Å². The van der Waals surface area contributed by atoms with E-state index < -0.39 is 0 Å². The number of aromatic amines is 1. The molecule has 5 heteroatoms. The van der Waals surface area contributed by atoms with Crippen LogP contribution in [0.5, 0.6) is 0 Å². The topological polar surface area (TPSA) is 58.1 Å². The van der Waals surface area contributed by atoms with Crippen LogP contribution in [0.15, 0.2) is 4.79 Å². The lowest BCUT2D eigenvalue weighted by molar-refractivity contribution is -0.131. The summed E-state index contributed by atoms with van der Waals surface area (Å²) in [6.07, 6.45) is 5.07. The summed E-state index contributed by atoms with van der Waals surface area (Å²) < 4.78 is 1.66. The lowest BCUT2D eigenvalue weighted by Gasteiger charge is -2.20. The number of aromatic nitrogens is 2. The largest absolute Gasteiger partial charge is 0.343 e. The van der Waals surface area contributed by atoms with Gasteiger partial charge in [-0.25, -0.2) is 4.79 Å². The van der Waals surface area contributed by atoms with Crippen molar-refractivity contribution in [2.24, 2.45) is 0 Å². The Morgan fingerprint density at radius 1 is 1.16 bits per heavy atom. The second-order valence-electron chi connectivity index (χ2n) is 5.34. The van der Waals surface area contributed by atoms with Gasteiger partial charge in [-0.2, -0.15) is 0 Å². The van der Waals surface area contributed by atoms with Crippen LogP contribution in [0.1, 0.15) is 43.5 Å². The van der Waals surface area contributed by atoms with Crippen molar-refractivity contribution in [1.82, 2.24) is 14.5 Å². The van der Waals surface area contributed by atoms with Crippen molar-refractivity contribution in [1.29, 1.82) is 0 Å². The Hall–Kier alpha value is -1.52. The fraction of sp³-hybridized carbons (Fsp3) is 0.714. The van der Waals surface area contributed by atoms with Crippen LogP contribution in [0.3, 0.4) is 0 Å². The fourth-order valence-electron chi connectivity index (χ4n) is 2.63. The maximum atomic E-state index is 12.2. The Balaban J connectivity index is 1.94. The molecule has 0 spiro atoms. The number of carbonyl (C=O) groups is 1. The highest BCUT2D eigenvalue weighted by Gasteiger charge is 2.16. The highest BCUT2D eigenvalue weighted by molar-refractivity contribution is 5.76. The molecular formula is C14H23N3O2. The summed E-state index contributed by atoms with van der Waals surface area (Å²) in [5.74, 6) is 0.173. The van der Waals surface area contributed by atoms with Crippen molar-refractivity contribution in [3.63, 3.8) is 0 Å². The molecule has 1 aliphatic rings. The Morgan fingerprint density at radius 2 is 1.79 bits per heavy atom. The van der Waals surface area contributed by atoms with Crippen LogP contribution < -0.4 is 5.69 Å². The Kier molecular flexibility index (Phi) is 4.45. The molecule has 1 aliphatic heterocycles. The van der Waals surface area contributed by atoms with E-state index in [0.29, 0.717) is 13.0 Å². The third-order valence-electron chi connectivity index (χ3n) is 4.00. The quantitative estimate of drug-likeness (QED) is 0.902. The number of amides is 1. The maximum absolute atomic E-state index is 12.2. The third kappa shape index (κ3) is 3.28. The van der Waals surface area contributed by atoms with E-state index in [0.717, 1.165) is 37.3 Å². The van der Waals surface area contributed by atoms with E-state index in [1.54, 1.807) is 4.57 Å². The van der Waals surface area contributed by atoms with E-state index in [4.69, 9.17) is 0 Å². The zero-order valence-electron chi connectivity index (χ0n) is 11.9. The fourth-order valence-corrected chi connectivity index (χ4v) is 2.63. The molecule has 1 saturated heterocycles. The van der Waals surface area contributed by atoms with Gasteiger partial charge in [0.1, 0.15) is 0 Å². The standard InChI is InChI=1S/C14H23N3O2/c1-11-12(2)17(14(19)15-11)10-7-13(18)16-8-5-3-4-6-9-16/h3-10H2,1-2H3,(H,15,19). The number of H-pyrrole nitrogens is 1. The Morgan fingerprint density at radius 3 is 2.32 bits per heavy atom. The van der Waals surface area contributed by atoms with Gasteiger partial charge >= 0.3 is 5.69 Å². The number of likely N-dealkylation sites (tertiary alicyclic amines) is 1. The van der Waals surface area contributed by atoms with Gasteiger partial charge in [-0.1, -0.05) is 12.8 Å². The summed E-state index contributed by atoms with van der Waals surface area (Å²) in [5, 5.41) is 0. The molecule has 2 heterocycles. The number of aryl methyl sites for hydroxylation is 1. The van der Waals surface area contributed by atoms with Gasteiger partial charge in [0, 0.05) is 37.4 Å². The first kappa shape index (κ1) is 13.9. The molecule has 1 N–H and O–H groups in total. The van der Waals surface area contributed by atoms with Gasteiger partial charge in [0.15, 0.2) is 0 Å². The molecule has 5 nitrogen and oxygen atoms in total. The van der Waals surface area contributed by atoms with Crippen molar-refractivity contribution in [3.8, 4) is 0 Å². The molecule has 0 radical (unpaired) electrons. The van der Waals surface area contributed by atoms with E-state index in [2.05, 4.69) is 4.98 Å². The molecule has 0 atom stereocenters. The minimum absolute atomic E-state index is 0.112. The van der Waals surface area contributed by atoms with Crippen molar-refractivity contribution in [2.45, 2.75) is 52.5 Å². The molecule has 1 fully saturated rings. The van der Waals surface area contributed by atoms with E-state index in [1.807, 2.05) is 18.7 Å². The smallest absolute Gasteiger partial charge is 0.325 e.